The first-order valence-corrected chi connectivity index (χ1v) is 9.76. The van der Waals surface area contributed by atoms with Crippen molar-refractivity contribution >= 4 is 12.4 Å². The molecule has 2 aliphatic heterocycles. The van der Waals surface area contributed by atoms with Gasteiger partial charge in [-0.3, -0.25) is 4.90 Å². The van der Waals surface area contributed by atoms with Gasteiger partial charge in [0, 0.05) is 31.1 Å². The Morgan fingerprint density at radius 3 is 2.59 bits per heavy atom. The summed E-state index contributed by atoms with van der Waals surface area (Å²) >= 11 is 0. The fourth-order valence-electron chi connectivity index (χ4n) is 4.44. The van der Waals surface area contributed by atoms with Crippen molar-refractivity contribution in [3.8, 4) is 11.4 Å². The van der Waals surface area contributed by atoms with E-state index in [-0.39, 0.29) is 12.4 Å². The SMILES string of the molecule is Cl.c1cc(-c2noc(C3CC34CCNCC4)n2)ccc1CN1CCOCC1. The molecule has 1 N–H and O–H groups in total. The van der Waals surface area contributed by atoms with E-state index < -0.39 is 0 Å². The molecule has 7 heteroatoms. The molecule has 1 spiro atoms. The van der Waals surface area contributed by atoms with E-state index in [0.717, 1.165) is 57.4 Å². The van der Waals surface area contributed by atoms with Gasteiger partial charge in [0.05, 0.1) is 13.2 Å². The molecule has 0 bridgehead atoms. The molecule has 1 atom stereocenters. The zero-order valence-electron chi connectivity index (χ0n) is 15.5. The Bertz CT molecular complexity index is 752. The van der Waals surface area contributed by atoms with E-state index in [1.807, 2.05) is 0 Å². The molecule has 27 heavy (non-hydrogen) atoms. The molecular formula is C20H27ClN4O2. The molecule has 3 aliphatic rings. The Kier molecular flexibility index (Phi) is 5.50. The summed E-state index contributed by atoms with van der Waals surface area (Å²) in [4.78, 5) is 7.14. The number of hydrogen-bond acceptors (Lipinski definition) is 6. The zero-order valence-corrected chi connectivity index (χ0v) is 16.3. The second-order valence-electron chi connectivity index (χ2n) is 7.91. The third-order valence-electron chi connectivity index (χ3n) is 6.25. The van der Waals surface area contributed by atoms with E-state index in [0.29, 0.717) is 17.2 Å². The van der Waals surface area contributed by atoms with Gasteiger partial charge in [0.25, 0.3) is 0 Å². The average Bonchev–Trinajstić information content (AvgIpc) is 3.15. The van der Waals surface area contributed by atoms with Gasteiger partial charge in [-0.1, -0.05) is 29.4 Å². The molecule has 146 valence electrons. The van der Waals surface area contributed by atoms with E-state index in [9.17, 15) is 0 Å². The highest BCUT2D eigenvalue weighted by Gasteiger charge is 2.57. The first-order chi connectivity index (χ1) is 12.8. The monoisotopic (exact) mass is 390 g/mol. The van der Waals surface area contributed by atoms with Gasteiger partial charge in [-0.05, 0) is 43.3 Å². The number of nitrogens with one attached hydrogen (secondary N) is 1. The molecule has 2 aromatic rings. The average molecular weight is 391 g/mol. The Labute approximate surface area is 166 Å². The van der Waals surface area contributed by atoms with Gasteiger partial charge in [-0.25, -0.2) is 0 Å². The zero-order chi connectivity index (χ0) is 17.4. The predicted molar refractivity (Wildman–Crippen MR) is 105 cm³/mol. The summed E-state index contributed by atoms with van der Waals surface area (Å²) in [5.74, 6) is 2.01. The fraction of sp³-hybridized carbons (Fsp3) is 0.600. The molecule has 1 aliphatic carbocycles. The second-order valence-corrected chi connectivity index (χ2v) is 7.91. The molecule has 3 heterocycles. The summed E-state index contributed by atoms with van der Waals surface area (Å²) in [7, 11) is 0. The minimum Gasteiger partial charge on any atom is -0.379 e. The number of morpholine rings is 1. The number of halogens is 1. The molecule has 0 amide bonds. The van der Waals surface area contributed by atoms with Crippen molar-refractivity contribution in [1.29, 1.82) is 0 Å². The molecule has 1 unspecified atom stereocenters. The van der Waals surface area contributed by atoms with Crippen molar-refractivity contribution in [2.45, 2.75) is 31.7 Å². The van der Waals surface area contributed by atoms with Gasteiger partial charge in [-0.15, -0.1) is 12.4 Å². The van der Waals surface area contributed by atoms with Gasteiger partial charge in [-0.2, -0.15) is 4.98 Å². The van der Waals surface area contributed by atoms with Crippen molar-refractivity contribution in [2.75, 3.05) is 39.4 Å². The van der Waals surface area contributed by atoms with E-state index in [2.05, 4.69) is 39.6 Å². The summed E-state index contributed by atoms with van der Waals surface area (Å²) < 4.78 is 11.0. The van der Waals surface area contributed by atoms with Crippen molar-refractivity contribution in [1.82, 2.24) is 20.4 Å². The smallest absolute Gasteiger partial charge is 0.230 e. The van der Waals surface area contributed by atoms with Crippen molar-refractivity contribution in [3.05, 3.63) is 35.7 Å². The molecule has 3 fully saturated rings. The largest absolute Gasteiger partial charge is 0.379 e. The highest BCUT2D eigenvalue weighted by Crippen LogP contribution is 2.63. The van der Waals surface area contributed by atoms with Gasteiger partial charge in [0.2, 0.25) is 11.7 Å². The Balaban J connectivity index is 0.00000180. The third-order valence-corrected chi connectivity index (χ3v) is 6.25. The lowest BCUT2D eigenvalue weighted by molar-refractivity contribution is 0.0342. The van der Waals surface area contributed by atoms with Gasteiger partial charge < -0.3 is 14.6 Å². The topological polar surface area (TPSA) is 63.4 Å². The Morgan fingerprint density at radius 1 is 1.11 bits per heavy atom. The van der Waals surface area contributed by atoms with Gasteiger partial charge >= 0.3 is 0 Å². The maximum Gasteiger partial charge on any atom is 0.230 e. The number of benzene rings is 1. The van der Waals surface area contributed by atoms with Crippen LogP contribution >= 0.6 is 12.4 Å². The maximum absolute atomic E-state index is 5.62. The van der Waals surface area contributed by atoms with E-state index in [4.69, 9.17) is 14.2 Å². The normalized spacial score (nSPS) is 24.5. The number of nitrogens with zero attached hydrogens (tertiary/aromatic N) is 3. The second kappa shape index (κ2) is 7.87. The van der Waals surface area contributed by atoms with E-state index in [1.165, 1.54) is 24.8 Å². The van der Waals surface area contributed by atoms with E-state index >= 15 is 0 Å². The lowest BCUT2D eigenvalue weighted by atomic mass is 9.92. The van der Waals surface area contributed by atoms with Crippen LogP contribution in [0, 0.1) is 5.41 Å². The van der Waals surface area contributed by atoms with Crippen LogP contribution in [-0.4, -0.2) is 54.4 Å². The van der Waals surface area contributed by atoms with Crippen molar-refractivity contribution in [2.24, 2.45) is 5.41 Å². The number of ether oxygens (including phenoxy) is 1. The first-order valence-electron chi connectivity index (χ1n) is 9.76. The standard InChI is InChI=1S/C20H26N4O2.ClH/c1-3-16(4-2-15(1)14-24-9-11-25-12-10-24)18-22-19(26-23-18)17-13-20(17)5-7-21-8-6-20;/h1-4,17,21H,5-14H2;1H. The molecule has 1 aromatic heterocycles. The fourth-order valence-corrected chi connectivity index (χ4v) is 4.44. The molecule has 1 saturated carbocycles. The first kappa shape index (κ1) is 18.9. The van der Waals surface area contributed by atoms with Crippen molar-refractivity contribution in [3.63, 3.8) is 0 Å². The van der Waals surface area contributed by atoms with Crippen LogP contribution in [0.2, 0.25) is 0 Å². The number of rotatable bonds is 4. The van der Waals surface area contributed by atoms with Crippen LogP contribution in [0.25, 0.3) is 11.4 Å². The number of hydrogen-bond donors (Lipinski definition) is 1. The van der Waals surface area contributed by atoms with Crippen LogP contribution in [0.3, 0.4) is 0 Å². The molecule has 0 radical (unpaired) electrons. The summed E-state index contributed by atoms with van der Waals surface area (Å²) in [6.45, 7) is 6.89. The summed E-state index contributed by atoms with van der Waals surface area (Å²) in [6, 6.07) is 8.56. The third kappa shape index (κ3) is 3.90. The lowest BCUT2D eigenvalue weighted by Crippen LogP contribution is -2.35. The van der Waals surface area contributed by atoms with E-state index in [1.54, 1.807) is 0 Å². The highest BCUT2D eigenvalue weighted by molar-refractivity contribution is 5.85. The van der Waals surface area contributed by atoms with Crippen LogP contribution in [0.1, 0.15) is 36.6 Å². The number of aromatic nitrogens is 2. The minimum atomic E-state index is 0. The Hall–Kier alpha value is -1.47. The predicted octanol–water partition coefficient (Wildman–Crippen LogP) is 2.85. The molecule has 6 nitrogen and oxygen atoms in total. The van der Waals surface area contributed by atoms with Crippen LogP contribution in [0.4, 0.5) is 0 Å². The summed E-state index contributed by atoms with van der Waals surface area (Å²) in [6.07, 6.45) is 3.66. The molecule has 2 saturated heterocycles. The van der Waals surface area contributed by atoms with Crippen LogP contribution in [-0.2, 0) is 11.3 Å². The summed E-state index contributed by atoms with van der Waals surface area (Å²) in [5.41, 5.74) is 2.78. The van der Waals surface area contributed by atoms with Crippen LogP contribution in [0.5, 0.6) is 0 Å². The Morgan fingerprint density at radius 2 is 1.85 bits per heavy atom. The quantitative estimate of drug-likeness (QED) is 0.866. The lowest BCUT2D eigenvalue weighted by Gasteiger charge is -2.26. The number of piperidine rings is 1. The van der Waals surface area contributed by atoms with Crippen molar-refractivity contribution < 1.29 is 9.26 Å². The highest BCUT2D eigenvalue weighted by atomic mass is 35.5. The molecule has 5 rings (SSSR count). The molecular weight excluding hydrogens is 364 g/mol. The van der Waals surface area contributed by atoms with Gasteiger partial charge in [0.1, 0.15) is 0 Å². The van der Waals surface area contributed by atoms with Crippen LogP contribution < -0.4 is 5.32 Å². The van der Waals surface area contributed by atoms with Crippen LogP contribution in [0.15, 0.2) is 28.8 Å². The molecule has 1 aromatic carbocycles. The summed E-state index contributed by atoms with van der Waals surface area (Å²) in [5, 5.41) is 7.68. The maximum atomic E-state index is 5.62. The van der Waals surface area contributed by atoms with Gasteiger partial charge in [0.15, 0.2) is 0 Å². The minimum absolute atomic E-state index is 0.